The third-order valence-corrected chi connectivity index (χ3v) is 2.91. The van der Waals surface area contributed by atoms with Crippen LogP contribution in [0.25, 0.3) is 11.2 Å². The molecular weight excluding hydrogens is 259 g/mol. The van der Waals surface area contributed by atoms with Gasteiger partial charge in [-0.15, -0.1) is 0 Å². The predicted molar refractivity (Wildman–Crippen MR) is 59.5 cm³/mol. The molecule has 0 spiro atoms. The molecule has 0 bridgehead atoms. The largest absolute Gasteiger partial charge is 0.466 e. The number of rotatable bonds is 1. The summed E-state index contributed by atoms with van der Waals surface area (Å²) in [6, 6.07) is 0. The highest BCUT2D eigenvalue weighted by Crippen LogP contribution is 2.33. The number of nitrogens with zero attached hydrogens (tertiary/aromatic N) is 3. The molecule has 3 atom stereocenters. The number of fused-ring (bicyclic) bond motifs is 1. The van der Waals surface area contributed by atoms with Crippen molar-refractivity contribution in [2.45, 2.75) is 18.4 Å². The lowest BCUT2D eigenvalue weighted by Crippen LogP contribution is -2.27. The number of aliphatic hydroxyl groups excluding tert-OH is 2. The number of hydrogen-bond donors (Lipinski definition) is 3. The Morgan fingerprint density at radius 1 is 1.47 bits per heavy atom. The number of halogens is 1. The minimum atomic E-state index is -1.48. The van der Waals surface area contributed by atoms with Gasteiger partial charge in [0.1, 0.15) is 24.9 Å². The summed E-state index contributed by atoms with van der Waals surface area (Å²) in [6.45, 7) is 0. The molecule has 0 unspecified atom stereocenters. The lowest BCUT2D eigenvalue weighted by molar-refractivity contribution is -0.0120. The van der Waals surface area contributed by atoms with Crippen molar-refractivity contribution in [1.82, 2.24) is 19.5 Å². The van der Waals surface area contributed by atoms with Crippen molar-refractivity contribution in [2.24, 2.45) is 0 Å². The van der Waals surface area contributed by atoms with Crippen molar-refractivity contribution in [2.75, 3.05) is 0 Å². The van der Waals surface area contributed by atoms with Gasteiger partial charge in [0, 0.05) is 0 Å². The molecule has 3 N–H and O–H groups in total. The first-order valence-corrected chi connectivity index (χ1v) is 5.36. The predicted octanol–water partition coefficient (Wildman–Crippen LogP) is -0.819. The number of imidazole rings is 1. The van der Waals surface area contributed by atoms with E-state index < -0.39 is 24.0 Å². The van der Waals surface area contributed by atoms with Crippen molar-refractivity contribution >= 4 is 11.2 Å². The van der Waals surface area contributed by atoms with Crippen molar-refractivity contribution in [1.29, 1.82) is 0 Å². The molecule has 1 fully saturated rings. The van der Waals surface area contributed by atoms with Gasteiger partial charge in [-0.1, -0.05) is 0 Å². The lowest BCUT2D eigenvalue weighted by atomic mass is 10.2. The normalized spacial score (nSPS) is 29.0. The fourth-order valence-corrected chi connectivity index (χ4v) is 1.96. The summed E-state index contributed by atoms with van der Waals surface area (Å²) in [4.78, 5) is 21.6. The van der Waals surface area contributed by atoms with E-state index in [1.165, 1.54) is 17.2 Å². The zero-order chi connectivity index (χ0) is 13.6. The van der Waals surface area contributed by atoms with E-state index in [-0.39, 0.29) is 23.3 Å². The maximum Gasteiger partial charge on any atom is 0.278 e. The van der Waals surface area contributed by atoms with Gasteiger partial charge in [0.2, 0.25) is 6.23 Å². The van der Waals surface area contributed by atoms with Crippen LogP contribution in [-0.2, 0) is 4.74 Å². The summed E-state index contributed by atoms with van der Waals surface area (Å²) in [5.41, 5.74) is -0.219. The van der Waals surface area contributed by atoms with E-state index in [0.717, 1.165) is 0 Å². The van der Waals surface area contributed by atoms with Crippen LogP contribution < -0.4 is 5.56 Å². The molecule has 3 heterocycles. The second-order valence-corrected chi connectivity index (χ2v) is 4.01. The van der Waals surface area contributed by atoms with Crippen LogP contribution in [0.5, 0.6) is 0 Å². The van der Waals surface area contributed by atoms with E-state index in [9.17, 15) is 19.4 Å². The molecule has 1 aliphatic heterocycles. The van der Waals surface area contributed by atoms with Crippen LogP contribution in [-0.4, -0.2) is 41.9 Å². The van der Waals surface area contributed by atoms with Gasteiger partial charge in [0.15, 0.2) is 16.9 Å². The highest BCUT2D eigenvalue weighted by Gasteiger charge is 2.41. The zero-order valence-corrected chi connectivity index (χ0v) is 9.39. The Morgan fingerprint density at radius 3 is 2.95 bits per heavy atom. The molecule has 19 heavy (non-hydrogen) atoms. The quantitative estimate of drug-likeness (QED) is 0.623. The Kier molecular flexibility index (Phi) is 2.57. The third kappa shape index (κ3) is 1.63. The highest BCUT2D eigenvalue weighted by molar-refractivity contribution is 5.68. The maximum atomic E-state index is 12.5. The van der Waals surface area contributed by atoms with E-state index in [4.69, 9.17) is 4.74 Å². The fraction of sp³-hybridized carbons (Fsp3) is 0.300. The van der Waals surface area contributed by atoms with E-state index >= 15 is 0 Å². The molecule has 100 valence electrons. The molecule has 0 aromatic carbocycles. The molecule has 0 saturated carbocycles. The summed E-state index contributed by atoms with van der Waals surface area (Å²) in [6.07, 6.45) is -1.49. The molecule has 2 aromatic rings. The molecule has 8 nitrogen and oxygen atoms in total. The average Bonchev–Trinajstić information content (AvgIpc) is 2.94. The highest BCUT2D eigenvalue weighted by atomic mass is 19.1. The monoisotopic (exact) mass is 268 g/mol. The van der Waals surface area contributed by atoms with Crippen molar-refractivity contribution < 1.29 is 19.3 Å². The SMILES string of the molecule is O=c1[nH]cnc2c1ncn2[C@@H]1O/C(=C/F)[C@@H](O)[C@H]1O. The van der Waals surface area contributed by atoms with Crippen molar-refractivity contribution in [3.63, 3.8) is 0 Å². The van der Waals surface area contributed by atoms with Crippen LogP contribution in [0.1, 0.15) is 6.23 Å². The van der Waals surface area contributed by atoms with Crippen LogP contribution in [0.2, 0.25) is 0 Å². The average molecular weight is 268 g/mol. The van der Waals surface area contributed by atoms with Gasteiger partial charge in [0.25, 0.3) is 5.56 Å². The van der Waals surface area contributed by atoms with Crippen LogP contribution in [0.15, 0.2) is 29.5 Å². The summed E-state index contributed by atoms with van der Waals surface area (Å²) in [5.74, 6) is -0.385. The minimum absolute atomic E-state index is 0.0606. The number of ether oxygens (including phenoxy) is 1. The van der Waals surface area contributed by atoms with Crippen molar-refractivity contribution in [3.05, 3.63) is 35.1 Å². The number of aromatic nitrogens is 4. The van der Waals surface area contributed by atoms with Gasteiger partial charge < -0.3 is 19.9 Å². The van der Waals surface area contributed by atoms with E-state index in [1.807, 2.05) is 0 Å². The summed E-state index contributed by atoms with van der Waals surface area (Å²) in [5, 5.41) is 19.4. The number of aromatic amines is 1. The summed E-state index contributed by atoms with van der Waals surface area (Å²) < 4.78 is 18.8. The van der Waals surface area contributed by atoms with Gasteiger partial charge >= 0.3 is 0 Å². The summed E-state index contributed by atoms with van der Waals surface area (Å²) in [7, 11) is 0. The number of H-pyrrole nitrogens is 1. The van der Waals surface area contributed by atoms with Gasteiger partial charge in [-0.2, -0.15) is 0 Å². The fourth-order valence-electron chi connectivity index (χ4n) is 1.96. The molecule has 0 aliphatic carbocycles. The van der Waals surface area contributed by atoms with Crippen LogP contribution >= 0.6 is 0 Å². The Balaban J connectivity index is 2.11. The molecule has 9 heteroatoms. The first kappa shape index (κ1) is 11.8. The van der Waals surface area contributed by atoms with Crippen molar-refractivity contribution in [3.8, 4) is 0 Å². The van der Waals surface area contributed by atoms with Gasteiger partial charge in [-0.05, 0) is 0 Å². The number of nitrogens with one attached hydrogen (secondary N) is 1. The molecule has 2 aromatic heterocycles. The Hall–Kier alpha value is -2.26. The topological polar surface area (TPSA) is 113 Å². The standard InChI is InChI=1S/C10H9FN4O4/c11-1-4-6(16)7(17)10(19-4)15-3-14-5-8(15)12-2-13-9(5)18/h1-3,6-7,10,16-17H,(H,12,13,18)/b4-1+/t6-,7-,10-/m1/s1. The number of aliphatic hydroxyl groups is 2. The van der Waals surface area contributed by atoms with Gasteiger partial charge in [-0.3, -0.25) is 9.36 Å². The molecule has 0 radical (unpaired) electrons. The summed E-state index contributed by atoms with van der Waals surface area (Å²) >= 11 is 0. The molecule has 0 amide bonds. The van der Waals surface area contributed by atoms with E-state index in [2.05, 4.69) is 15.0 Å². The van der Waals surface area contributed by atoms with E-state index in [1.54, 1.807) is 0 Å². The Labute approximate surface area is 104 Å². The maximum absolute atomic E-state index is 12.5. The Bertz CT molecular complexity index is 709. The zero-order valence-electron chi connectivity index (χ0n) is 9.39. The second kappa shape index (κ2) is 4.14. The second-order valence-electron chi connectivity index (χ2n) is 4.01. The number of hydrogen-bond acceptors (Lipinski definition) is 6. The first-order chi connectivity index (χ1) is 9.13. The van der Waals surface area contributed by atoms with Gasteiger partial charge in [0.05, 0.1) is 6.33 Å². The van der Waals surface area contributed by atoms with Gasteiger partial charge in [-0.25, -0.2) is 14.4 Å². The Morgan fingerprint density at radius 2 is 2.26 bits per heavy atom. The molecular formula is C10H9FN4O4. The van der Waals surface area contributed by atoms with E-state index in [0.29, 0.717) is 0 Å². The first-order valence-electron chi connectivity index (χ1n) is 5.36. The van der Waals surface area contributed by atoms with Crippen LogP contribution in [0.3, 0.4) is 0 Å². The smallest absolute Gasteiger partial charge is 0.278 e. The molecule has 1 saturated heterocycles. The molecule has 3 rings (SSSR count). The molecule has 1 aliphatic rings. The lowest BCUT2D eigenvalue weighted by Gasteiger charge is -2.15. The van der Waals surface area contributed by atoms with Crippen LogP contribution in [0.4, 0.5) is 4.39 Å². The van der Waals surface area contributed by atoms with Crippen LogP contribution in [0, 0.1) is 0 Å². The minimum Gasteiger partial charge on any atom is -0.466 e. The third-order valence-electron chi connectivity index (χ3n) is 2.91.